The van der Waals surface area contributed by atoms with Crippen LogP contribution in [-0.4, -0.2) is 49.4 Å². The number of likely N-dealkylation sites (tertiary alicyclic amines) is 1. The van der Waals surface area contributed by atoms with Crippen molar-refractivity contribution in [3.63, 3.8) is 0 Å². The molecule has 0 radical (unpaired) electrons. The lowest BCUT2D eigenvalue weighted by atomic mass is 9.79. The smallest absolute Gasteiger partial charge is 0.165 e. The molecule has 1 fully saturated rings. The molecule has 1 heterocycles. The van der Waals surface area contributed by atoms with Crippen molar-refractivity contribution in [2.24, 2.45) is 0 Å². The molecule has 2 aliphatic rings. The maximum Gasteiger partial charge on any atom is 0.165 e. The van der Waals surface area contributed by atoms with Crippen LogP contribution in [0, 0.1) is 5.82 Å². The van der Waals surface area contributed by atoms with E-state index in [1.165, 1.54) is 29.5 Å². The van der Waals surface area contributed by atoms with Crippen molar-refractivity contribution in [2.45, 2.75) is 64.5 Å². The maximum absolute atomic E-state index is 15.1. The molecule has 3 aromatic carbocycles. The molecule has 1 saturated heterocycles. The highest BCUT2D eigenvalue weighted by Gasteiger charge is 2.26. The molecule has 0 bridgehead atoms. The van der Waals surface area contributed by atoms with Crippen LogP contribution in [0.4, 0.5) is 10.1 Å². The van der Waals surface area contributed by atoms with Crippen LogP contribution in [-0.2, 0) is 19.4 Å². The fraction of sp³-hybridized carbons (Fsp3) is 0.455. The second kappa shape index (κ2) is 12.3. The predicted octanol–water partition coefficient (Wildman–Crippen LogP) is 6.70. The Morgan fingerprint density at radius 3 is 2.59 bits per heavy atom. The van der Waals surface area contributed by atoms with E-state index in [0.29, 0.717) is 30.6 Å². The molecule has 1 aliphatic carbocycles. The van der Waals surface area contributed by atoms with Crippen LogP contribution in [0.5, 0.6) is 17.2 Å². The number of anilines is 1. The summed E-state index contributed by atoms with van der Waals surface area (Å²) in [6, 6.07) is 17.6. The van der Waals surface area contributed by atoms with Crippen molar-refractivity contribution in [1.82, 2.24) is 4.90 Å². The molecule has 0 spiro atoms. The first-order valence-electron chi connectivity index (χ1n) is 14.3. The van der Waals surface area contributed by atoms with Crippen LogP contribution < -0.4 is 14.4 Å². The molecule has 208 valence electrons. The van der Waals surface area contributed by atoms with Gasteiger partial charge in [0.05, 0.1) is 7.11 Å². The summed E-state index contributed by atoms with van der Waals surface area (Å²) >= 11 is 0. The number of nitrogens with zero attached hydrogens (tertiary/aromatic N) is 2. The predicted molar refractivity (Wildman–Crippen MR) is 155 cm³/mol. The van der Waals surface area contributed by atoms with E-state index in [-0.39, 0.29) is 11.9 Å². The third-order valence-electron chi connectivity index (χ3n) is 8.24. The van der Waals surface area contributed by atoms with Crippen LogP contribution in [0.3, 0.4) is 0 Å². The number of hydrogen-bond acceptors (Lipinski definition) is 5. The van der Waals surface area contributed by atoms with Gasteiger partial charge in [-0.15, -0.1) is 0 Å². The van der Waals surface area contributed by atoms with Crippen LogP contribution >= 0.6 is 0 Å². The zero-order chi connectivity index (χ0) is 27.4. The third-order valence-corrected chi connectivity index (χ3v) is 8.24. The normalized spacial score (nSPS) is 17.3. The summed E-state index contributed by atoms with van der Waals surface area (Å²) in [7, 11) is 1.69. The van der Waals surface area contributed by atoms with Crippen molar-refractivity contribution in [3.8, 4) is 17.2 Å². The van der Waals surface area contributed by atoms with E-state index in [4.69, 9.17) is 9.47 Å². The fourth-order valence-corrected chi connectivity index (χ4v) is 6.04. The molecule has 1 unspecified atom stereocenters. The number of hydrogen-bond donors (Lipinski definition) is 1. The zero-order valence-corrected chi connectivity index (χ0v) is 23.5. The van der Waals surface area contributed by atoms with E-state index >= 15 is 4.39 Å². The summed E-state index contributed by atoms with van der Waals surface area (Å²) in [6.45, 7) is 8.50. The largest absolute Gasteiger partial charge is 0.508 e. The molecule has 0 aromatic heterocycles. The van der Waals surface area contributed by atoms with Crippen molar-refractivity contribution < 1.29 is 19.0 Å². The lowest BCUT2D eigenvalue weighted by Crippen LogP contribution is -2.32. The Labute approximate surface area is 232 Å². The highest BCUT2D eigenvalue weighted by molar-refractivity contribution is 5.60. The SMILES string of the molecule is COc1ccc(C2CCc3cc(O)ccc3C2)c(N(Cc2ccc(OCCN3CCCC3)c(F)c2)C(C)C)c1. The van der Waals surface area contributed by atoms with Gasteiger partial charge in [0.25, 0.3) is 0 Å². The van der Waals surface area contributed by atoms with Gasteiger partial charge in [0.2, 0.25) is 0 Å². The Balaban J connectivity index is 1.35. The van der Waals surface area contributed by atoms with E-state index in [9.17, 15) is 5.11 Å². The lowest BCUT2D eigenvalue weighted by molar-refractivity contribution is 0.231. The number of phenolic OH excluding ortho intramolecular Hbond substituents is 1. The van der Waals surface area contributed by atoms with Gasteiger partial charge in [-0.3, -0.25) is 4.90 Å². The third kappa shape index (κ3) is 6.50. The van der Waals surface area contributed by atoms with Crippen molar-refractivity contribution >= 4 is 5.69 Å². The highest BCUT2D eigenvalue weighted by atomic mass is 19.1. The second-order valence-corrected chi connectivity index (χ2v) is 11.2. The van der Waals surface area contributed by atoms with Crippen LogP contribution in [0.25, 0.3) is 0 Å². The van der Waals surface area contributed by atoms with Gasteiger partial charge in [-0.1, -0.05) is 18.2 Å². The monoisotopic (exact) mass is 532 g/mol. The number of phenols is 1. The molecule has 0 saturated carbocycles. The van der Waals surface area contributed by atoms with Crippen LogP contribution in [0.1, 0.15) is 61.3 Å². The molecular weight excluding hydrogens is 491 g/mol. The summed E-state index contributed by atoms with van der Waals surface area (Å²) in [6.07, 6.45) is 5.36. The first-order chi connectivity index (χ1) is 18.9. The first kappa shape index (κ1) is 27.3. The standard InChI is InChI=1S/C33H41FN2O3/c1-23(2)36(22-24-6-13-33(31(34)18-24)39-17-16-35-14-4-5-15-35)32-21-29(38-3)11-12-30(32)27-8-7-26-20-28(37)10-9-25(26)19-27/h6,9-13,18,20-21,23,27,37H,4-5,7-8,14-17,19,22H2,1-3H3. The van der Waals surface area contributed by atoms with Crippen LogP contribution in [0.2, 0.25) is 0 Å². The van der Waals surface area contributed by atoms with Gasteiger partial charge in [0.1, 0.15) is 18.1 Å². The van der Waals surface area contributed by atoms with E-state index in [0.717, 1.165) is 55.9 Å². The minimum Gasteiger partial charge on any atom is -0.508 e. The minimum atomic E-state index is -0.310. The van der Waals surface area contributed by atoms with Gasteiger partial charge in [0.15, 0.2) is 11.6 Å². The van der Waals surface area contributed by atoms with Crippen molar-refractivity contribution in [2.75, 3.05) is 38.3 Å². The number of aromatic hydroxyl groups is 1. The quantitative estimate of drug-likeness (QED) is 0.315. The van der Waals surface area contributed by atoms with E-state index in [1.807, 2.05) is 18.2 Å². The van der Waals surface area contributed by atoms with Crippen molar-refractivity contribution in [1.29, 1.82) is 0 Å². The van der Waals surface area contributed by atoms with Gasteiger partial charge in [-0.2, -0.15) is 0 Å². The van der Waals surface area contributed by atoms with Gasteiger partial charge >= 0.3 is 0 Å². The van der Waals surface area contributed by atoms with Crippen molar-refractivity contribution in [3.05, 3.63) is 82.7 Å². The molecule has 0 amide bonds. The molecule has 1 N–H and O–H groups in total. The molecule has 39 heavy (non-hydrogen) atoms. The van der Waals surface area contributed by atoms with E-state index in [1.54, 1.807) is 25.3 Å². The number of ether oxygens (including phenoxy) is 2. The van der Waals surface area contributed by atoms with Gasteiger partial charge in [-0.05, 0) is 118 Å². The topological polar surface area (TPSA) is 45.2 Å². The highest BCUT2D eigenvalue weighted by Crippen LogP contribution is 2.40. The Morgan fingerprint density at radius 1 is 1.03 bits per heavy atom. The Morgan fingerprint density at radius 2 is 1.85 bits per heavy atom. The Bertz CT molecular complexity index is 1270. The average Bonchev–Trinajstić information content (AvgIpc) is 3.46. The molecule has 1 atom stereocenters. The Hall–Kier alpha value is -3.25. The number of fused-ring (bicyclic) bond motifs is 1. The Kier molecular flexibility index (Phi) is 8.61. The summed E-state index contributed by atoms with van der Waals surface area (Å²) < 4.78 is 26.5. The molecule has 5 rings (SSSR count). The molecule has 5 nitrogen and oxygen atoms in total. The number of aryl methyl sites for hydroxylation is 1. The maximum atomic E-state index is 15.1. The minimum absolute atomic E-state index is 0.197. The van der Waals surface area contributed by atoms with Crippen LogP contribution in [0.15, 0.2) is 54.6 Å². The molecule has 1 aliphatic heterocycles. The fourth-order valence-electron chi connectivity index (χ4n) is 6.04. The zero-order valence-electron chi connectivity index (χ0n) is 23.5. The summed E-state index contributed by atoms with van der Waals surface area (Å²) in [4.78, 5) is 4.71. The summed E-state index contributed by atoms with van der Waals surface area (Å²) in [5, 5.41) is 9.91. The number of benzene rings is 3. The molecular formula is C33H41FN2O3. The number of halogens is 1. The van der Waals surface area contributed by atoms with E-state index in [2.05, 4.69) is 41.8 Å². The second-order valence-electron chi connectivity index (χ2n) is 11.2. The molecule has 6 heteroatoms. The molecule has 3 aromatic rings. The van der Waals surface area contributed by atoms with Gasteiger partial charge in [-0.25, -0.2) is 4.39 Å². The van der Waals surface area contributed by atoms with Gasteiger partial charge in [0, 0.05) is 30.9 Å². The van der Waals surface area contributed by atoms with Gasteiger partial charge < -0.3 is 19.5 Å². The summed E-state index contributed by atoms with van der Waals surface area (Å²) in [5.41, 5.74) is 5.85. The summed E-state index contributed by atoms with van der Waals surface area (Å²) in [5.74, 6) is 1.51. The number of rotatable bonds is 10. The first-order valence-corrected chi connectivity index (χ1v) is 14.3. The average molecular weight is 533 g/mol. The lowest BCUT2D eigenvalue weighted by Gasteiger charge is -2.35. The number of methoxy groups -OCH3 is 1. The van der Waals surface area contributed by atoms with E-state index < -0.39 is 0 Å².